The van der Waals surface area contributed by atoms with Gasteiger partial charge in [0.1, 0.15) is 0 Å². The summed E-state index contributed by atoms with van der Waals surface area (Å²) in [4.78, 5) is 2.48. The van der Waals surface area contributed by atoms with Gasteiger partial charge in [-0.25, -0.2) is 0 Å². The molecule has 2 aliphatic rings. The Labute approximate surface area is 123 Å². The molecule has 0 radical (unpaired) electrons. The van der Waals surface area contributed by atoms with E-state index >= 15 is 0 Å². The molecule has 2 unspecified atom stereocenters. The maximum Gasteiger partial charge on any atom is 0.416 e. The highest BCUT2D eigenvalue weighted by atomic mass is 19.4. The van der Waals surface area contributed by atoms with Gasteiger partial charge in [0.25, 0.3) is 0 Å². The number of anilines is 1. The smallest absolute Gasteiger partial charge is 0.381 e. The lowest BCUT2D eigenvalue weighted by Gasteiger charge is -2.20. The average molecular weight is 298 g/mol. The van der Waals surface area contributed by atoms with Crippen LogP contribution in [0.2, 0.25) is 0 Å². The molecule has 1 aliphatic carbocycles. The molecule has 1 heterocycles. The van der Waals surface area contributed by atoms with Crippen molar-refractivity contribution in [2.24, 2.45) is 0 Å². The summed E-state index contributed by atoms with van der Waals surface area (Å²) in [6.45, 7) is 4.64. The van der Waals surface area contributed by atoms with Crippen molar-refractivity contribution >= 4 is 5.69 Å². The quantitative estimate of drug-likeness (QED) is 0.905. The number of hydrogen-bond donors (Lipinski definition) is 1. The van der Waals surface area contributed by atoms with Crippen LogP contribution in [0.1, 0.15) is 37.3 Å². The molecule has 0 aromatic heterocycles. The predicted molar refractivity (Wildman–Crippen MR) is 77.4 cm³/mol. The maximum atomic E-state index is 12.9. The number of likely N-dealkylation sites (tertiary alicyclic amines) is 1. The lowest BCUT2D eigenvalue weighted by atomic mass is 10.1. The summed E-state index contributed by atoms with van der Waals surface area (Å²) in [5, 5.41) is 3.28. The van der Waals surface area contributed by atoms with Crippen molar-refractivity contribution in [3.63, 3.8) is 0 Å². The zero-order valence-corrected chi connectivity index (χ0v) is 12.4. The zero-order valence-electron chi connectivity index (χ0n) is 12.4. The van der Waals surface area contributed by atoms with Crippen LogP contribution in [0.25, 0.3) is 0 Å². The standard InChI is InChI=1S/C16H21F3N2/c1-10-3-4-12(8-15(10)16(17,18)19)20-13-7-11(2)21(9-13)14-5-6-14/h3-4,8,11,13-14,20H,5-7,9H2,1-2H3. The van der Waals surface area contributed by atoms with Crippen molar-refractivity contribution in [3.8, 4) is 0 Å². The maximum absolute atomic E-state index is 12.9. The first-order chi connectivity index (χ1) is 9.84. The Kier molecular flexibility index (Phi) is 3.64. The molecule has 1 aromatic rings. The molecular formula is C16H21F3N2. The molecule has 0 spiro atoms. The van der Waals surface area contributed by atoms with Gasteiger partial charge in [0.05, 0.1) is 5.56 Å². The Morgan fingerprint density at radius 3 is 2.57 bits per heavy atom. The largest absolute Gasteiger partial charge is 0.416 e. The Morgan fingerprint density at radius 1 is 1.24 bits per heavy atom. The highest BCUT2D eigenvalue weighted by Gasteiger charge is 2.39. The minimum atomic E-state index is -4.29. The first-order valence-corrected chi connectivity index (χ1v) is 7.54. The summed E-state index contributed by atoms with van der Waals surface area (Å²) in [5.74, 6) is 0. The zero-order chi connectivity index (χ0) is 15.2. The van der Waals surface area contributed by atoms with E-state index in [1.807, 2.05) is 0 Å². The number of alkyl halides is 3. The fourth-order valence-electron chi connectivity index (χ4n) is 3.33. The summed E-state index contributed by atoms with van der Waals surface area (Å²) in [5.41, 5.74) is 0.299. The van der Waals surface area contributed by atoms with Crippen molar-refractivity contribution in [2.45, 2.75) is 57.4 Å². The van der Waals surface area contributed by atoms with Crippen molar-refractivity contribution in [1.29, 1.82) is 0 Å². The van der Waals surface area contributed by atoms with Crippen molar-refractivity contribution < 1.29 is 13.2 Å². The van der Waals surface area contributed by atoms with E-state index < -0.39 is 11.7 Å². The second-order valence-electron chi connectivity index (χ2n) is 6.38. The van der Waals surface area contributed by atoms with E-state index in [-0.39, 0.29) is 11.6 Å². The molecule has 1 saturated heterocycles. The third kappa shape index (κ3) is 3.18. The van der Waals surface area contributed by atoms with Gasteiger partial charge in [-0.2, -0.15) is 13.2 Å². The molecular weight excluding hydrogens is 277 g/mol. The SMILES string of the molecule is Cc1ccc(NC2CC(C)N(C3CC3)C2)cc1C(F)(F)F. The summed E-state index contributed by atoms with van der Waals surface area (Å²) in [6, 6.07) is 5.99. The van der Waals surface area contributed by atoms with Gasteiger partial charge in [-0.15, -0.1) is 0 Å². The summed E-state index contributed by atoms with van der Waals surface area (Å²) >= 11 is 0. The molecule has 1 N–H and O–H groups in total. The van der Waals surface area contributed by atoms with Crippen LogP contribution in [0.3, 0.4) is 0 Å². The minimum Gasteiger partial charge on any atom is -0.381 e. The van der Waals surface area contributed by atoms with E-state index in [1.54, 1.807) is 12.1 Å². The van der Waals surface area contributed by atoms with Gasteiger partial charge in [-0.1, -0.05) is 6.07 Å². The molecule has 21 heavy (non-hydrogen) atoms. The Morgan fingerprint density at radius 2 is 1.95 bits per heavy atom. The van der Waals surface area contributed by atoms with E-state index in [0.717, 1.165) is 13.0 Å². The van der Waals surface area contributed by atoms with Gasteiger partial charge < -0.3 is 5.32 Å². The van der Waals surface area contributed by atoms with E-state index in [9.17, 15) is 13.2 Å². The van der Waals surface area contributed by atoms with Crippen LogP contribution < -0.4 is 5.32 Å². The third-order valence-corrected chi connectivity index (χ3v) is 4.55. The highest BCUT2D eigenvalue weighted by Crippen LogP contribution is 2.36. The molecule has 1 aromatic carbocycles. The first kappa shape index (κ1) is 14.7. The fourth-order valence-corrected chi connectivity index (χ4v) is 3.33. The molecule has 2 nitrogen and oxygen atoms in total. The molecule has 1 saturated carbocycles. The molecule has 5 heteroatoms. The Bertz CT molecular complexity index is 523. The average Bonchev–Trinajstić information content (AvgIpc) is 3.15. The van der Waals surface area contributed by atoms with E-state index in [0.29, 0.717) is 17.8 Å². The van der Waals surface area contributed by atoms with Crippen LogP contribution in [0.4, 0.5) is 18.9 Å². The number of hydrogen-bond acceptors (Lipinski definition) is 2. The number of rotatable bonds is 3. The van der Waals surface area contributed by atoms with E-state index in [4.69, 9.17) is 0 Å². The monoisotopic (exact) mass is 298 g/mol. The van der Waals surface area contributed by atoms with Gasteiger partial charge in [-0.05, 0) is 50.8 Å². The van der Waals surface area contributed by atoms with Crippen LogP contribution in [-0.4, -0.2) is 29.6 Å². The number of nitrogens with zero attached hydrogens (tertiary/aromatic N) is 1. The fraction of sp³-hybridized carbons (Fsp3) is 0.625. The normalized spacial score (nSPS) is 27.1. The summed E-state index contributed by atoms with van der Waals surface area (Å²) in [7, 11) is 0. The van der Waals surface area contributed by atoms with Gasteiger partial charge in [-0.3, -0.25) is 4.90 Å². The van der Waals surface area contributed by atoms with Crippen LogP contribution >= 0.6 is 0 Å². The molecule has 0 bridgehead atoms. The second-order valence-corrected chi connectivity index (χ2v) is 6.38. The second kappa shape index (κ2) is 5.20. The minimum absolute atomic E-state index is 0.240. The number of benzene rings is 1. The summed E-state index contributed by atoms with van der Waals surface area (Å²) in [6.07, 6.45) is -0.768. The van der Waals surface area contributed by atoms with Crippen LogP contribution in [0.5, 0.6) is 0 Å². The topological polar surface area (TPSA) is 15.3 Å². The lowest BCUT2D eigenvalue weighted by molar-refractivity contribution is -0.138. The van der Waals surface area contributed by atoms with Gasteiger partial charge in [0, 0.05) is 30.4 Å². The molecule has 116 valence electrons. The van der Waals surface area contributed by atoms with Crippen molar-refractivity contribution in [3.05, 3.63) is 29.3 Å². The Balaban J connectivity index is 1.71. The molecule has 0 amide bonds. The van der Waals surface area contributed by atoms with Gasteiger partial charge >= 0.3 is 6.18 Å². The van der Waals surface area contributed by atoms with Gasteiger partial charge in [0.15, 0.2) is 0 Å². The Hall–Kier alpha value is -1.23. The van der Waals surface area contributed by atoms with Crippen molar-refractivity contribution in [2.75, 3.05) is 11.9 Å². The summed E-state index contributed by atoms with van der Waals surface area (Å²) < 4.78 is 38.8. The molecule has 2 atom stereocenters. The molecule has 2 fully saturated rings. The third-order valence-electron chi connectivity index (χ3n) is 4.55. The van der Waals surface area contributed by atoms with Crippen molar-refractivity contribution in [1.82, 2.24) is 4.90 Å². The van der Waals surface area contributed by atoms with Crippen LogP contribution in [0.15, 0.2) is 18.2 Å². The van der Waals surface area contributed by atoms with Crippen LogP contribution in [-0.2, 0) is 6.18 Å². The lowest BCUT2D eigenvalue weighted by Crippen LogP contribution is -2.31. The molecule has 1 aliphatic heterocycles. The number of nitrogens with one attached hydrogen (secondary N) is 1. The first-order valence-electron chi connectivity index (χ1n) is 7.54. The predicted octanol–water partition coefficient (Wildman–Crippen LogP) is 4.05. The number of halogens is 3. The van der Waals surface area contributed by atoms with E-state index in [2.05, 4.69) is 17.1 Å². The molecule has 3 rings (SSSR count). The van der Waals surface area contributed by atoms with E-state index in [1.165, 1.54) is 25.8 Å². The van der Waals surface area contributed by atoms with Gasteiger partial charge in [0.2, 0.25) is 0 Å². The van der Waals surface area contributed by atoms with Crippen LogP contribution in [0, 0.1) is 6.92 Å². The number of aryl methyl sites for hydroxylation is 1. The highest BCUT2D eigenvalue weighted by molar-refractivity contribution is 5.50.